The molecular weight excluding hydrogens is 477 g/mol. The molecule has 10 heteroatoms. The third-order valence-electron chi connectivity index (χ3n) is 7.08. The first kappa shape index (κ1) is 23.3. The van der Waals surface area contributed by atoms with Gasteiger partial charge in [-0.3, -0.25) is 4.79 Å². The van der Waals surface area contributed by atoms with Crippen molar-refractivity contribution in [1.82, 2.24) is 19.5 Å². The highest BCUT2D eigenvalue weighted by atomic mass is 35.5. The van der Waals surface area contributed by atoms with Crippen molar-refractivity contribution in [1.29, 1.82) is 0 Å². The lowest BCUT2D eigenvalue weighted by Gasteiger charge is -2.24. The number of anilines is 1. The molecule has 2 aliphatic carbocycles. The number of halogens is 2. The van der Waals surface area contributed by atoms with Crippen LogP contribution >= 0.6 is 23.4 Å². The van der Waals surface area contributed by atoms with Crippen LogP contribution in [-0.2, 0) is 12.6 Å². The molecule has 2 aliphatic rings. The number of carbonyl (C=O) groups excluding carboxylic acids is 1. The molecule has 3 aromatic rings. The molecule has 34 heavy (non-hydrogen) atoms. The lowest BCUT2D eigenvalue weighted by Crippen LogP contribution is -2.25. The zero-order valence-corrected chi connectivity index (χ0v) is 20.4. The number of amides is 1. The van der Waals surface area contributed by atoms with Crippen molar-refractivity contribution in [2.24, 2.45) is 18.9 Å². The summed E-state index contributed by atoms with van der Waals surface area (Å²) in [7, 11) is 1.79. The van der Waals surface area contributed by atoms with Crippen LogP contribution in [-0.4, -0.2) is 36.8 Å². The third kappa shape index (κ3) is 4.21. The Kier molecular flexibility index (Phi) is 6.12. The molecule has 7 nitrogen and oxygen atoms in total. The Hall–Kier alpha value is -2.49. The molecule has 2 heterocycles. The summed E-state index contributed by atoms with van der Waals surface area (Å²) < 4.78 is 15.2. The van der Waals surface area contributed by atoms with Crippen molar-refractivity contribution < 1.29 is 14.3 Å². The molecule has 2 unspecified atom stereocenters. The summed E-state index contributed by atoms with van der Waals surface area (Å²) in [5.41, 5.74) is 1.42. The van der Waals surface area contributed by atoms with E-state index in [0.29, 0.717) is 46.9 Å². The van der Waals surface area contributed by atoms with E-state index >= 15 is 0 Å². The van der Waals surface area contributed by atoms with Gasteiger partial charge in [0.15, 0.2) is 5.16 Å². The second kappa shape index (κ2) is 8.94. The Morgan fingerprint density at radius 2 is 2.00 bits per heavy atom. The number of hydrogen-bond donors (Lipinski definition) is 2. The summed E-state index contributed by atoms with van der Waals surface area (Å²) in [6.07, 6.45) is 8.26. The molecule has 2 fully saturated rings. The number of fused-ring (bicyclic) bond motifs is 1. The number of imidazole rings is 1. The fourth-order valence-electron chi connectivity index (χ4n) is 5.58. The third-order valence-corrected chi connectivity index (χ3v) is 7.93. The molecular formula is C24H25ClFN5O2S. The number of carbonyl (C=O) groups is 1. The number of thioether (sulfide) groups is 1. The lowest BCUT2D eigenvalue weighted by atomic mass is 9.90. The first-order valence-electron chi connectivity index (χ1n) is 11.1. The lowest BCUT2D eigenvalue weighted by molar-refractivity contribution is 0.0293. The van der Waals surface area contributed by atoms with Crippen molar-refractivity contribution >= 4 is 35.0 Å². The molecule has 2 saturated carbocycles. The van der Waals surface area contributed by atoms with E-state index in [1.165, 1.54) is 30.0 Å². The van der Waals surface area contributed by atoms with Crippen molar-refractivity contribution in [2.45, 2.75) is 42.4 Å². The summed E-state index contributed by atoms with van der Waals surface area (Å²) in [6.45, 7) is 0. The standard InChI is InChI=1S/C24H25ClFN5O2S/c1-31-12-28-20(21(31)22(32)29-16-3-4-18(26)17(25)9-16)13-7-14-10-24(33,11-15(14)8-13)19-5-6-27-23(30-19)34-2/h3-6,9,12-15,33H,7-8,10-11H2,1-2H3,(H,29,32). The molecule has 0 aliphatic heterocycles. The summed E-state index contributed by atoms with van der Waals surface area (Å²) in [6, 6.07) is 5.90. The van der Waals surface area contributed by atoms with Gasteiger partial charge in [0.2, 0.25) is 0 Å². The molecule has 5 rings (SSSR count). The van der Waals surface area contributed by atoms with Gasteiger partial charge in [0.05, 0.1) is 22.7 Å². The van der Waals surface area contributed by atoms with Crippen LogP contribution in [0.5, 0.6) is 0 Å². The van der Waals surface area contributed by atoms with Gasteiger partial charge in [-0.2, -0.15) is 0 Å². The maximum absolute atomic E-state index is 13.5. The van der Waals surface area contributed by atoms with Crippen LogP contribution in [0.4, 0.5) is 10.1 Å². The van der Waals surface area contributed by atoms with Crippen LogP contribution in [0.3, 0.4) is 0 Å². The minimum absolute atomic E-state index is 0.0486. The maximum Gasteiger partial charge on any atom is 0.274 e. The van der Waals surface area contributed by atoms with Crippen LogP contribution in [0.2, 0.25) is 5.02 Å². The highest BCUT2D eigenvalue weighted by molar-refractivity contribution is 7.98. The number of nitrogens with zero attached hydrogens (tertiary/aromatic N) is 4. The number of aromatic nitrogens is 4. The monoisotopic (exact) mass is 501 g/mol. The Labute approximate surface area is 206 Å². The summed E-state index contributed by atoms with van der Waals surface area (Å²) >= 11 is 7.31. The summed E-state index contributed by atoms with van der Waals surface area (Å²) in [5.74, 6) is -0.0553. The quantitative estimate of drug-likeness (QED) is 0.386. The van der Waals surface area contributed by atoms with E-state index in [9.17, 15) is 14.3 Å². The minimum atomic E-state index is -0.945. The average Bonchev–Trinajstić information content (AvgIpc) is 3.47. The average molecular weight is 502 g/mol. The van der Waals surface area contributed by atoms with E-state index < -0.39 is 11.4 Å². The zero-order chi connectivity index (χ0) is 24.0. The Bertz CT molecular complexity index is 1240. The van der Waals surface area contributed by atoms with E-state index in [0.717, 1.165) is 18.5 Å². The van der Waals surface area contributed by atoms with E-state index in [1.807, 2.05) is 6.26 Å². The zero-order valence-electron chi connectivity index (χ0n) is 18.8. The number of rotatable bonds is 5. The van der Waals surface area contributed by atoms with Crippen LogP contribution in [0, 0.1) is 17.7 Å². The summed E-state index contributed by atoms with van der Waals surface area (Å²) in [4.78, 5) is 26.4. The molecule has 2 atom stereocenters. The predicted molar refractivity (Wildman–Crippen MR) is 128 cm³/mol. The van der Waals surface area contributed by atoms with Crippen LogP contribution in [0.15, 0.2) is 41.9 Å². The van der Waals surface area contributed by atoms with Crippen molar-refractivity contribution in [2.75, 3.05) is 11.6 Å². The Morgan fingerprint density at radius 3 is 2.68 bits per heavy atom. The fourth-order valence-corrected chi connectivity index (χ4v) is 6.12. The van der Waals surface area contributed by atoms with Crippen molar-refractivity contribution in [3.8, 4) is 0 Å². The molecule has 0 spiro atoms. The Balaban J connectivity index is 1.32. The van der Waals surface area contributed by atoms with Gasteiger partial charge in [-0.1, -0.05) is 23.4 Å². The van der Waals surface area contributed by atoms with Gasteiger partial charge < -0.3 is 15.0 Å². The van der Waals surface area contributed by atoms with Gasteiger partial charge in [0.25, 0.3) is 5.91 Å². The van der Waals surface area contributed by atoms with Gasteiger partial charge in [0, 0.05) is 24.8 Å². The van der Waals surface area contributed by atoms with Crippen LogP contribution in [0.1, 0.15) is 53.5 Å². The fraction of sp³-hybridized carbons (Fsp3) is 0.417. The number of aliphatic hydroxyl groups is 1. The topological polar surface area (TPSA) is 92.9 Å². The molecule has 0 saturated heterocycles. The normalized spacial score (nSPS) is 26.0. The second-order valence-electron chi connectivity index (χ2n) is 9.23. The number of hydrogen-bond acceptors (Lipinski definition) is 6. The van der Waals surface area contributed by atoms with E-state index in [-0.39, 0.29) is 16.8 Å². The van der Waals surface area contributed by atoms with Gasteiger partial charge in [-0.05, 0) is 68.0 Å². The molecule has 1 aromatic carbocycles. The maximum atomic E-state index is 13.5. The molecule has 0 radical (unpaired) electrons. The second-order valence-corrected chi connectivity index (χ2v) is 10.4. The highest BCUT2D eigenvalue weighted by Gasteiger charge is 2.51. The van der Waals surface area contributed by atoms with Crippen LogP contribution in [0.25, 0.3) is 0 Å². The minimum Gasteiger partial charge on any atom is -0.384 e. The van der Waals surface area contributed by atoms with E-state index in [4.69, 9.17) is 11.6 Å². The molecule has 2 N–H and O–H groups in total. The molecule has 1 amide bonds. The summed E-state index contributed by atoms with van der Waals surface area (Å²) in [5, 5.41) is 14.8. The first-order chi connectivity index (χ1) is 16.3. The van der Waals surface area contributed by atoms with Gasteiger partial charge in [-0.25, -0.2) is 19.3 Å². The van der Waals surface area contributed by atoms with E-state index in [1.54, 1.807) is 30.2 Å². The van der Waals surface area contributed by atoms with E-state index in [2.05, 4.69) is 20.3 Å². The number of benzene rings is 1. The van der Waals surface area contributed by atoms with Crippen molar-refractivity contribution in [3.63, 3.8) is 0 Å². The number of nitrogens with one attached hydrogen (secondary N) is 1. The SMILES string of the molecule is CSc1nccc(C2(O)CC3CC(c4ncn(C)c4C(=O)Nc4ccc(F)c(Cl)c4)CC3C2)n1. The molecule has 2 aromatic heterocycles. The van der Waals surface area contributed by atoms with Gasteiger partial charge in [-0.15, -0.1) is 0 Å². The number of aryl methyl sites for hydroxylation is 1. The van der Waals surface area contributed by atoms with Crippen LogP contribution < -0.4 is 5.32 Å². The first-order valence-corrected chi connectivity index (χ1v) is 12.7. The Morgan fingerprint density at radius 1 is 1.26 bits per heavy atom. The highest BCUT2D eigenvalue weighted by Crippen LogP contribution is 2.56. The molecule has 178 valence electrons. The van der Waals surface area contributed by atoms with Gasteiger partial charge >= 0.3 is 0 Å². The largest absolute Gasteiger partial charge is 0.384 e. The smallest absolute Gasteiger partial charge is 0.274 e. The molecule has 0 bridgehead atoms. The van der Waals surface area contributed by atoms with Gasteiger partial charge in [0.1, 0.15) is 17.1 Å². The van der Waals surface area contributed by atoms with Crippen molar-refractivity contribution in [3.05, 3.63) is 64.7 Å². The predicted octanol–water partition coefficient (Wildman–Crippen LogP) is 4.77.